The number of aromatic amines is 1. The predicted octanol–water partition coefficient (Wildman–Crippen LogP) is 3.98. The van der Waals surface area contributed by atoms with Crippen molar-refractivity contribution < 1.29 is 31.1 Å². The largest absolute Gasteiger partial charge is 0.419 e. The topological polar surface area (TPSA) is 73.1 Å². The van der Waals surface area contributed by atoms with Crippen LogP contribution in [0.4, 0.5) is 36.8 Å². The van der Waals surface area contributed by atoms with Crippen molar-refractivity contribution in [3.63, 3.8) is 0 Å². The minimum absolute atomic E-state index is 0.0201. The van der Waals surface area contributed by atoms with Crippen LogP contribution in [-0.4, -0.2) is 52.8 Å². The Hall–Kier alpha value is -2.66. The maximum Gasteiger partial charge on any atom is 0.419 e. The molecule has 3 N–H and O–H groups in total. The van der Waals surface area contributed by atoms with Crippen LogP contribution in [0.25, 0.3) is 11.0 Å². The van der Waals surface area contributed by atoms with E-state index in [2.05, 4.69) is 15.3 Å². The average Bonchev–Trinajstić information content (AvgIpc) is 3.25. The van der Waals surface area contributed by atoms with Gasteiger partial charge in [-0.3, -0.25) is 0 Å². The van der Waals surface area contributed by atoms with Crippen LogP contribution in [0.2, 0.25) is 0 Å². The van der Waals surface area contributed by atoms with Gasteiger partial charge in [-0.2, -0.15) is 26.3 Å². The number of nitrogens with zero attached hydrogens (tertiary/aromatic N) is 2. The first-order chi connectivity index (χ1) is 13.5. The summed E-state index contributed by atoms with van der Waals surface area (Å²) in [6.45, 7) is 0.456. The number of hydrogen-bond acceptors (Lipinski definition) is 3. The standard InChI is InChI=1S/C17H19F6N5O/c1-2-9-6-28(15(29)26-8-16(18,19)20)7-12(9)27-13-10-3-4-24-14(10)25-5-11(13)17(21,22)23/h3-5,9,12H,2,6-8H2,1H3,(H,26,29)(H2,24,25,27). The van der Waals surface area contributed by atoms with Crippen LogP contribution in [0.3, 0.4) is 0 Å². The average molecular weight is 423 g/mol. The van der Waals surface area contributed by atoms with Crippen LogP contribution in [0.1, 0.15) is 18.9 Å². The van der Waals surface area contributed by atoms with E-state index in [1.54, 1.807) is 12.2 Å². The van der Waals surface area contributed by atoms with Gasteiger partial charge in [-0.1, -0.05) is 6.92 Å². The van der Waals surface area contributed by atoms with Crippen molar-refractivity contribution in [2.45, 2.75) is 31.7 Å². The number of carbonyl (C=O) groups is 1. The SMILES string of the molecule is CCC1CN(C(=O)NCC(F)(F)F)CC1Nc1c(C(F)(F)F)cnc2[nH]ccc12. The third-order valence-electron chi connectivity index (χ3n) is 4.91. The Morgan fingerprint density at radius 3 is 2.62 bits per heavy atom. The molecule has 2 atom stereocenters. The van der Waals surface area contributed by atoms with Crippen LogP contribution < -0.4 is 10.6 Å². The molecule has 1 saturated heterocycles. The summed E-state index contributed by atoms with van der Waals surface area (Å²) in [4.78, 5) is 19.7. The molecule has 3 rings (SSSR count). The fourth-order valence-electron chi connectivity index (χ4n) is 3.47. The molecular formula is C17H19F6N5O. The lowest BCUT2D eigenvalue weighted by Crippen LogP contribution is -2.43. The Morgan fingerprint density at radius 1 is 1.28 bits per heavy atom. The zero-order valence-corrected chi connectivity index (χ0v) is 15.3. The van der Waals surface area contributed by atoms with Crippen LogP contribution in [0, 0.1) is 5.92 Å². The molecule has 0 radical (unpaired) electrons. The van der Waals surface area contributed by atoms with Gasteiger partial charge in [0.15, 0.2) is 0 Å². The van der Waals surface area contributed by atoms with E-state index in [1.165, 1.54) is 17.2 Å². The van der Waals surface area contributed by atoms with Crippen LogP contribution in [-0.2, 0) is 6.18 Å². The zero-order valence-electron chi connectivity index (χ0n) is 15.3. The summed E-state index contributed by atoms with van der Waals surface area (Å²) in [5.41, 5.74) is -0.838. The van der Waals surface area contributed by atoms with Gasteiger partial charge in [0.25, 0.3) is 0 Å². The Balaban J connectivity index is 1.82. The van der Waals surface area contributed by atoms with Gasteiger partial charge in [0.05, 0.1) is 11.3 Å². The molecule has 0 aliphatic carbocycles. The molecule has 0 bridgehead atoms. The second-order valence-corrected chi connectivity index (χ2v) is 6.88. The number of amides is 2. The number of rotatable bonds is 4. The van der Waals surface area contributed by atoms with E-state index in [0.717, 1.165) is 6.20 Å². The monoisotopic (exact) mass is 423 g/mol. The Kier molecular flexibility index (Phi) is 5.54. The van der Waals surface area contributed by atoms with Gasteiger partial charge in [0.2, 0.25) is 0 Å². The van der Waals surface area contributed by atoms with Crippen molar-refractivity contribution in [1.82, 2.24) is 20.2 Å². The Morgan fingerprint density at radius 2 is 2.00 bits per heavy atom. The molecule has 160 valence electrons. The van der Waals surface area contributed by atoms with Crippen LogP contribution in [0.5, 0.6) is 0 Å². The highest BCUT2D eigenvalue weighted by molar-refractivity contribution is 5.91. The molecule has 29 heavy (non-hydrogen) atoms. The minimum Gasteiger partial charge on any atom is -0.379 e. The molecule has 3 heterocycles. The minimum atomic E-state index is -4.65. The molecule has 12 heteroatoms. The van der Waals surface area contributed by atoms with E-state index < -0.39 is 36.5 Å². The van der Waals surface area contributed by atoms with Gasteiger partial charge >= 0.3 is 18.4 Å². The van der Waals surface area contributed by atoms with E-state index in [1.807, 2.05) is 0 Å². The van der Waals surface area contributed by atoms with Crippen molar-refractivity contribution in [2.75, 3.05) is 25.0 Å². The smallest absolute Gasteiger partial charge is 0.379 e. The molecule has 0 aromatic carbocycles. The highest BCUT2D eigenvalue weighted by Crippen LogP contribution is 2.39. The van der Waals surface area contributed by atoms with Crippen molar-refractivity contribution >= 4 is 22.8 Å². The van der Waals surface area contributed by atoms with Crippen LogP contribution in [0.15, 0.2) is 18.5 Å². The summed E-state index contributed by atoms with van der Waals surface area (Å²) in [6, 6.07) is 0.00440. The van der Waals surface area contributed by atoms with E-state index in [0.29, 0.717) is 6.42 Å². The third-order valence-corrected chi connectivity index (χ3v) is 4.91. The number of aromatic nitrogens is 2. The lowest BCUT2D eigenvalue weighted by molar-refractivity contribution is -0.137. The summed E-state index contributed by atoms with van der Waals surface area (Å²) in [7, 11) is 0. The molecule has 0 spiro atoms. The Bertz CT molecular complexity index is 877. The molecular weight excluding hydrogens is 404 g/mol. The maximum atomic E-state index is 13.5. The number of alkyl halides is 6. The molecule has 1 fully saturated rings. The first-order valence-corrected chi connectivity index (χ1v) is 8.89. The summed E-state index contributed by atoms with van der Waals surface area (Å²) in [5.74, 6) is -0.227. The first kappa shape index (κ1) is 21.1. The lowest BCUT2D eigenvalue weighted by atomic mass is 10.00. The number of nitrogens with one attached hydrogen (secondary N) is 3. The predicted molar refractivity (Wildman–Crippen MR) is 93.3 cm³/mol. The zero-order chi connectivity index (χ0) is 21.4. The number of pyridine rings is 1. The number of fused-ring (bicyclic) bond motifs is 1. The normalized spacial score (nSPS) is 20.3. The highest BCUT2D eigenvalue weighted by Gasteiger charge is 2.39. The summed E-state index contributed by atoms with van der Waals surface area (Å²) in [5, 5.41) is 4.92. The van der Waals surface area contributed by atoms with Crippen molar-refractivity contribution in [1.29, 1.82) is 0 Å². The summed E-state index contributed by atoms with van der Waals surface area (Å²) in [6.07, 6.45) is -6.47. The molecule has 6 nitrogen and oxygen atoms in total. The van der Waals surface area contributed by atoms with Gasteiger partial charge < -0.3 is 20.5 Å². The number of H-pyrrole nitrogens is 1. The van der Waals surface area contributed by atoms with Crippen molar-refractivity contribution in [3.8, 4) is 0 Å². The molecule has 0 saturated carbocycles. The van der Waals surface area contributed by atoms with Crippen molar-refractivity contribution in [3.05, 3.63) is 24.0 Å². The Labute approximate surface area is 161 Å². The molecule has 1 aliphatic rings. The van der Waals surface area contributed by atoms with E-state index >= 15 is 0 Å². The molecule has 1 aliphatic heterocycles. The first-order valence-electron chi connectivity index (χ1n) is 8.89. The molecule has 2 unspecified atom stereocenters. The quantitative estimate of drug-likeness (QED) is 0.652. The summed E-state index contributed by atoms with van der Waals surface area (Å²) < 4.78 is 77.4. The number of urea groups is 1. The molecule has 2 amide bonds. The van der Waals surface area contributed by atoms with Crippen molar-refractivity contribution in [2.24, 2.45) is 5.92 Å². The number of hydrogen-bond donors (Lipinski definition) is 3. The fraction of sp³-hybridized carbons (Fsp3) is 0.529. The van der Waals surface area contributed by atoms with E-state index in [9.17, 15) is 31.1 Å². The second kappa shape index (κ2) is 7.64. The maximum absolute atomic E-state index is 13.5. The van der Waals surface area contributed by atoms with Gasteiger partial charge in [0.1, 0.15) is 12.2 Å². The second-order valence-electron chi connectivity index (χ2n) is 6.88. The lowest BCUT2D eigenvalue weighted by Gasteiger charge is -2.23. The van der Waals surface area contributed by atoms with E-state index in [-0.39, 0.29) is 35.7 Å². The highest BCUT2D eigenvalue weighted by atomic mass is 19.4. The number of halogens is 6. The van der Waals surface area contributed by atoms with E-state index in [4.69, 9.17) is 0 Å². The van der Waals surface area contributed by atoms with Crippen LogP contribution >= 0.6 is 0 Å². The van der Waals surface area contributed by atoms with Gasteiger partial charge in [-0.05, 0) is 18.4 Å². The number of likely N-dealkylation sites (tertiary alicyclic amines) is 1. The van der Waals surface area contributed by atoms with Gasteiger partial charge in [-0.15, -0.1) is 0 Å². The van der Waals surface area contributed by atoms with Gasteiger partial charge in [0, 0.05) is 36.9 Å². The molecule has 2 aromatic rings. The number of carbonyl (C=O) groups excluding carboxylic acids is 1. The summed E-state index contributed by atoms with van der Waals surface area (Å²) >= 11 is 0. The molecule has 2 aromatic heterocycles. The van der Waals surface area contributed by atoms with Gasteiger partial charge in [-0.25, -0.2) is 9.78 Å². The number of anilines is 1. The fourth-order valence-corrected chi connectivity index (χ4v) is 3.47. The third kappa shape index (κ3) is 4.67.